The highest BCUT2D eigenvalue weighted by Crippen LogP contribution is 2.45. The zero-order valence-electron chi connectivity index (χ0n) is 19.5. The van der Waals surface area contributed by atoms with Gasteiger partial charge in [0, 0.05) is 31.6 Å². The number of aliphatic carboxylic acids is 1. The Morgan fingerprint density at radius 3 is 2.27 bits per heavy atom. The Labute approximate surface area is 194 Å². The van der Waals surface area contributed by atoms with E-state index in [0.717, 1.165) is 59.1 Å². The quantitative estimate of drug-likeness (QED) is 0.521. The summed E-state index contributed by atoms with van der Waals surface area (Å²) in [5.41, 5.74) is 2.85. The number of aryl methyl sites for hydroxylation is 1. The van der Waals surface area contributed by atoms with Crippen LogP contribution in [0.1, 0.15) is 24.8 Å². The number of fused-ring (bicyclic) bond motifs is 1. The van der Waals surface area contributed by atoms with Gasteiger partial charge in [0.05, 0.1) is 19.8 Å². The van der Waals surface area contributed by atoms with Gasteiger partial charge in [0.15, 0.2) is 0 Å². The van der Waals surface area contributed by atoms with Crippen molar-refractivity contribution < 1.29 is 24.1 Å². The molecule has 1 aliphatic rings. The summed E-state index contributed by atoms with van der Waals surface area (Å²) in [6, 6.07) is 15.9. The molecule has 3 aromatic rings. The highest BCUT2D eigenvalue weighted by atomic mass is 16.5. The van der Waals surface area contributed by atoms with Crippen molar-refractivity contribution in [3.8, 4) is 28.4 Å². The third-order valence-corrected chi connectivity index (χ3v) is 6.34. The minimum Gasteiger partial charge on any atom is -0.496 e. The monoisotopic (exact) mass is 449 g/mol. The van der Waals surface area contributed by atoms with Crippen LogP contribution in [-0.2, 0) is 11.2 Å². The van der Waals surface area contributed by atoms with Crippen molar-refractivity contribution in [1.29, 1.82) is 0 Å². The number of hydrogen-bond acceptors (Lipinski definition) is 5. The van der Waals surface area contributed by atoms with Crippen LogP contribution >= 0.6 is 0 Å². The van der Waals surface area contributed by atoms with Crippen molar-refractivity contribution in [1.82, 2.24) is 4.90 Å². The van der Waals surface area contributed by atoms with E-state index in [1.807, 2.05) is 42.5 Å². The molecule has 0 amide bonds. The number of hydrogen-bond donors (Lipinski definition) is 1. The number of carbonyl (C=O) groups is 1. The first kappa shape index (κ1) is 22.9. The minimum atomic E-state index is -0.799. The summed E-state index contributed by atoms with van der Waals surface area (Å²) in [5, 5.41) is 11.2. The molecule has 4 rings (SSSR count). The zero-order valence-corrected chi connectivity index (χ0v) is 19.5. The van der Waals surface area contributed by atoms with E-state index < -0.39 is 5.97 Å². The number of carboxylic acids is 1. The third-order valence-electron chi connectivity index (χ3n) is 6.34. The molecule has 0 saturated carbocycles. The molecular formula is C27H31NO5. The number of methoxy groups -OCH3 is 2. The van der Waals surface area contributed by atoms with Crippen LogP contribution in [0.15, 0.2) is 48.5 Å². The lowest BCUT2D eigenvalue weighted by atomic mass is 9.93. The molecule has 3 aromatic carbocycles. The van der Waals surface area contributed by atoms with Gasteiger partial charge in [0.25, 0.3) is 0 Å². The zero-order chi connectivity index (χ0) is 23.4. The Hall–Kier alpha value is -3.25. The first-order chi connectivity index (χ1) is 16.0. The van der Waals surface area contributed by atoms with Crippen LogP contribution in [0.5, 0.6) is 17.2 Å². The molecule has 0 atom stereocenters. The fourth-order valence-corrected chi connectivity index (χ4v) is 4.57. The van der Waals surface area contributed by atoms with Crippen molar-refractivity contribution in [3.05, 3.63) is 54.1 Å². The van der Waals surface area contributed by atoms with E-state index in [0.29, 0.717) is 17.9 Å². The molecule has 0 spiro atoms. The van der Waals surface area contributed by atoms with Crippen LogP contribution in [0.2, 0.25) is 0 Å². The summed E-state index contributed by atoms with van der Waals surface area (Å²) < 4.78 is 17.9. The summed E-state index contributed by atoms with van der Waals surface area (Å²) in [4.78, 5) is 13.4. The summed E-state index contributed by atoms with van der Waals surface area (Å²) in [5.74, 6) is 1.30. The number of nitrogens with zero attached hydrogens (tertiary/aromatic N) is 1. The van der Waals surface area contributed by atoms with Crippen LogP contribution < -0.4 is 14.2 Å². The van der Waals surface area contributed by atoms with Gasteiger partial charge in [-0.05, 0) is 48.2 Å². The molecule has 0 aromatic heterocycles. The Morgan fingerprint density at radius 1 is 1.00 bits per heavy atom. The number of carboxylic acid groups (broad SMARTS) is 1. The van der Waals surface area contributed by atoms with Gasteiger partial charge < -0.3 is 24.2 Å². The average Bonchev–Trinajstić information content (AvgIpc) is 2.83. The maximum Gasteiger partial charge on any atom is 0.303 e. The summed E-state index contributed by atoms with van der Waals surface area (Å²) in [7, 11) is 5.44. The van der Waals surface area contributed by atoms with Crippen molar-refractivity contribution in [2.24, 2.45) is 0 Å². The standard InChI is InChI=1S/C27H31NO5/c1-28-14-12-19(13-15-28)33-20-16-24(31-2)27(25(17-20)32-3)23-9-5-7-21-18(10-11-26(29)30)6-4-8-22(21)23/h4-9,16-17,19H,10-15H2,1-3H3,(H,29,30). The molecule has 1 heterocycles. The fraction of sp³-hybridized carbons (Fsp3) is 0.370. The maximum atomic E-state index is 11.1. The van der Waals surface area contributed by atoms with Gasteiger partial charge in [-0.2, -0.15) is 0 Å². The molecule has 0 unspecified atom stereocenters. The highest BCUT2D eigenvalue weighted by Gasteiger charge is 2.22. The Balaban J connectivity index is 1.75. The lowest BCUT2D eigenvalue weighted by molar-refractivity contribution is -0.136. The molecule has 0 radical (unpaired) electrons. The van der Waals surface area contributed by atoms with Crippen LogP contribution in [-0.4, -0.2) is 56.4 Å². The number of ether oxygens (including phenoxy) is 3. The molecule has 174 valence electrons. The second-order valence-electron chi connectivity index (χ2n) is 8.53. The lowest BCUT2D eigenvalue weighted by Crippen LogP contribution is -2.35. The highest BCUT2D eigenvalue weighted by molar-refractivity contribution is 6.01. The van der Waals surface area contributed by atoms with Crippen molar-refractivity contribution >= 4 is 16.7 Å². The summed E-state index contributed by atoms with van der Waals surface area (Å²) >= 11 is 0. The van der Waals surface area contributed by atoms with Gasteiger partial charge in [-0.3, -0.25) is 4.79 Å². The van der Waals surface area contributed by atoms with Gasteiger partial charge in [0.2, 0.25) is 0 Å². The van der Waals surface area contributed by atoms with Gasteiger partial charge in [0.1, 0.15) is 23.4 Å². The second kappa shape index (κ2) is 10.1. The summed E-state index contributed by atoms with van der Waals surface area (Å²) in [6.07, 6.45) is 2.74. The molecule has 1 aliphatic heterocycles. The maximum absolute atomic E-state index is 11.1. The molecule has 1 N–H and O–H groups in total. The van der Waals surface area contributed by atoms with E-state index in [2.05, 4.69) is 18.0 Å². The smallest absolute Gasteiger partial charge is 0.303 e. The largest absolute Gasteiger partial charge is 0.496 e. The topological polar surface area (TPSA) is 68.2 Å². The van der Waals surface area contributed by atoms with E-state index in [9.17, 15) is 4.79 Å². The van der Waals surface area contributed by atoms with Gasteiger partial charge in [-0.1, -0.05) is 36.4 Å². The SMILES string of the molecule is COc1cc(OC2CCN(C)CC2)cc(OC)c1-c1cccc2c(CCC(=O)O)cccc12. The predicted molar refractivity (Wildman–Crippen MR) is 130 cm³/mol. The van der Waals surface area contributed by atoms with Gasteiger partial charge >= 0.3 is 5.97 Å². The minimum absolute atomic E-state index is 0.0962. The van der Waals surface area contributed by atoms with E-state index in [1.54, 1.807) is 14.2 Å². The van der Waals surface area contributed by atoms with Crippen molar-refractivity contribution in [2.75, 3.05) is 34.4 Å². The molecular weight excluding hydrogens is 418 g/mol. The molecule has 33 heavy (non-hydrogen) atoms. The van der Waals surface area contributed by atoms with E-state index in [1.165, 1.54) is 0 Å². The Morgan fingerprint density at radius 2 is 1.64 bits per heavy atom. The normalized spacial score (nSPS) is 14.9. The Bertz CT molecular complexity index is 1110. The molecule has 1 fully saturated rings. The van der Waals surface area contributed by atoms with Crippen LogP contribution in [0.3, 0.4) is 0 Å². The van der Waals surface area contributed by atoms with Crippen LogP contribution in [0.4, 0.5) is 0 Å². The molecule has 6 heteroatoms. The van der Waals surface area contributed by atoms with Gasteiger partial charge in [-0.15, -0.1) is 0 Å². The first-order valence-electron chi connectivity index (χ1n) is 11.3. The van der Waals surface area contributed by atoms with E-state index in [-0.39, 0.29) is 12.5 Å². The fourth-order valence-electron chi connectivity index (χ4n) is 4.57. The van der Waals surface area contributed by atoms with E-state index >= 15 is 0 Å². The molecule has 0 bridgehead atoms. The number of piperidine rings is 1. The predicted octanol–water partition coefficient (Wildman–Crippen LogP) is 5.01. The van der Waals surface area contributed by atoms with Gasteiger partial charge in [-0.25, -0.2) is 0 Å². The molecule has 0 aliphatic carbocycles. The van der Waals surface area contributed by atoms with Crippen LogP contribution in [0.25, 0.3) is 21.9 Å². The molecule has 1 saturated heterocycles. The number of rotatable bonds is 8. The average molecular weight is 450 g/mol. The van der Waals surface area contributed by atoms with E-state index in [4.69, 9.17) is 19.3 Å². The number of benzene rings is 3. The Kier molecular flexibility index (Phi) is 7.04. The van der Waals surface area contributed by atoms with Crippen molar-refractivity contribution in [2.45, 2.75) is 31.8 Å². The second-order valence-corrected chi connectivity index (χ2v) is 8.53. The lowest BCUT2D eigenvalue weighted by Gasteiger charge is -2.29. The summed E-state index contributed by atoms with van der Waals surface area (Å²) in [6.45, 7) is 2.05. The van der Waals surface area contributed by atoms with Crippen molar-refractivity contribution in [3.63, 3.8) is 0 Å². The molecule has 6 nitrogen and oxygen atoms in total. The first-order valence-corrected chi connectivity index (χ1v) is 11.3. The number of likely N-dealkylation sites (tertiary alicyclic amines) is 1. The van der Waals surface area contributed by atoms with Crippen LogP contribution in [0, 0.1) is 0 Å². The third kappa shape index (κ3) is 5.06.